The molecule has 0 fully saturated rings. The second-order valence-electron chi connectivity index (χ2n) is 3.84. The number of hydrogen-bond acceptors (Lipinski definition) is 3. The predicted octanol–water partition coefficient (Wildman–Crippen LogP) is 2.81. The largest absolute Gasteiger partial charge is 0.395 e. The molecule has 0 aliphatic carbocycles. The highest BCUT2D eigenvalue weighted by Gasteiger charge is 2.08. The molecule has 1 aromatic rings. The minimum absolute atomic E-state index is 0.0557. The van der Waals surface area contributed by atoms with Crippen molar-refractivity contribution in [1.29, 1.82) is 0 Å². The number of amides is 1. The maximum absolute atomic E-state index is 11.6. The quantitative estimate of drug-likeness (QED) is 0.878. The lowest BCUT2D eigenvalue weighted by Gasteiger charge is -2.10. The van der Waals surface area contributed by atoms with Crippen LogP contribution in [-0.2, 0) is 4.79 Å². The maximum atomic E-state index is 11.6. The summed E-state index contributed by atoms with van der Waals surface area (Å²) in [6.45, 7) is 3.97. The summed E-state index contributed by atoms with van der Waals surface area (Å²) in [4.78, 5) is 11.6. The van der Waals surface area contributed by atoms with Gasteiger partial charge in [-0.1, -0.05) is 13.0 Å². The number of carbonyl (C=O) groups excluding carboxylic acids is 1. The Hall–Kier alpha value is -0.520. The van der Waals surface area contributed by atoms with Crippen LogP contribution in [0, 0.1) is 6.92 Å². The summed E-state index contributed by atoms with van der Waals surface area (Å²) < 4.78 is 0.881. The Morgan fingerprint density at radius 2 is 2.29 bits per heavy atom. The molecule has 1 atom stereocenters. The predicted molar refractivity (Wildman–Crippen MR) is 76.5 cm³/mol. The molecular formula is C12H16BrNO2S. The Bertz CT molecular complexity index is 398. The van der Waals surface area contributed by atoms with Gasteiger partial charge in [0, 0.05) is 9.72 Å². The standard InChI is InChI=1S/C12H16BrNO2S/c1-8-3-4-11(10(13)5-8)14-12(16)7-17-9(2)6-15/h3-5,9,15H,6-7H2,1-2H3,(H,14,16). The highest BCUT2D eigenvalue weighted by atomic mass is 79.9. The number of aryl methyl sites for hydroxylation is 1. The van der Waals surface area contributed by atoms with Crippen molar-refractivity contribution < 1.29 is 9.90 Å². The minimum Gasteiger partial charge on any atom is -0.395 e. The Kier molecular flexibility index (Phi) is 6.02. The molecule has 3 nitrogen and oxygen atoms in total. The molecule has 5 heteroatoms. The third-order valence-electron chi connectivity index (χ3n) is 2.15. The fourth-order valence-corrected chi connectivity index (χ4v) is 2.38. The molecule has 17 heavy (non-hydrogen) atoms. The molecule has 0 saturated carbocycles. The van der Waals surface area contributed by atoms with Gasteiger partial charge in [-0.15, -0.1) is 11.8 Å². The smallest absolute Gasteiger partial charge is 0.234 e. The third-order valence-corrected chi connectivity index (χ3v) is 3.96. The van der Waals surface area contributed by atoms with Crippen LogP contribution in [0.1, 0.15) is 12.5 Å². The number of halogens is 1. The van der Waals surface area contributed by atoms with Crippen molar-refractivity contribution >= 4 is 39.3 Å². The van der Waals surface area contributed by atoms with Gasteiger partial charge >= 0.3 is 0 Å². The van der Waals surface area contributed by atoms with E-state index in [2.05, 4.69) is 21.2 Å². The first-order valence-electron chi connectivity index (χ1n) is 5.31. The van der Waals surface area contributed by atoms with Gasteiger partial charge in [-0.25, -0.2) is 0 Å². The lowest BCUT2D eigenvalue weighted by molar-refractivity contribution is -0.113. The summed E-state index contributed by atoms with van der Waals surface area (Å²) >= 11 is 4.84. The zero-order chi connectivity index (χ0) is 12.8. The molecule has 0 saturated heterocycles. The molecule has 0 aliphatic rings. The van der Waals surface area contributed by atoms with E-state index in [0.717, 1.165) is 15.7 Å². The van der Waals surface area contributed by atoms with E-state index in [1.54, 1.807) is 0 Å². The van der Waals surface area contributed by atoms with Crippen molar-refractivity contribution in [1.82, 2.24) is 0 Å². The van der Waals surface area contributed by atoms with Crippen molar-refractivity contribution in [3.63, 3.8) is 0 Å². The number of aliphatic hydroxyl groups excluding tert-OH is 1. The van der Waals surface area contributed by atoms with Gasteiger partial charge in [0.25, 0.3) is 0 Å². The van der Waals surface area contributed by atoms with Gasteiger partial charge in [0.1, 0.15) is 0 Å². The molecule has 1 aromatic carbocycles. The molecule has 2 N–H and O–H groups in total. The van der Waals surface area contributed by atoms with E-state index in [0.29, 0.717) is 5.75 Å². The van der Waals surface area contributed by atoms with E-state index >= 15 is 0 Å². The highest BCUT2D eigenvalue weighted by molar-refractivity contribution is 9.10. The summed E-state index contributed by atoms with van der Waals surface area (Å²) in [5, 5.41) is 11.8. The monoisotopic (exact) mass is 317 g/mol. The Morgan fingerprint density at radius 3 is 2.88 bits per heavy atom. The van der Waals surface area contributed by atoms with E-state index < -0.39 is 0 Å². The van der Waals surface area contributed by atoms with Gasteiger partial charge in [-0.3, -0.25) is 4.79 Å². The van der Waals surface area contributed by atoms with Crippen LogP contribution >= 0.6 is 27.7 Å². The first-order chi connectivity index (χ1) is 8.02. The van der Waals surface area contributed by atoms with Gasteiger partial charge in [0.15, 0.2) is 0 Å². The van der Waals surface area contributed by atoms with E-state index in [9.17, 15) is 4.79 Å². The number of thioether (sulfide) groups is 1. The van der Waals surface area contributed by atoms with Crippen molar-refractivity contribution in [2.45, 2.75) is 19.1 Å². The number of benzene rings is 1. The van der Waals surface area contributed by atoms with E-state index in [1.807, 2.05) is 32.0 Å². The van der Waals surface area contributed by atoms with Gasteiger partial charge < -0.3 is 10.4 Å². The molecular weight excluding hydrogens is 302 g/mol. The van der Waals surface area contributed by atoms with E-state index in [-0.39, 0.29) is 17.8 Å². The van der Waals surface area contributed by atoms with Gasteiger partial charge in [-0.2, -0.15) is 0 Å². The highest BCUT2D eigenvalue weighted by Crippen LogP contribution is 2.23. The number of hydrogen-bond donors (Lipinski definition) is 2. The molecule has 1 rings (SSSR count). The average molecular weight is 318 g/mol. The van der Waals surface area contributed by atoms with Crippen LogP contribution in [-0.4, -0.2) is 28.6 Å². The van der Waals surface area contributed by atoms with Crippen molar-refractivity contribution in [3.05, 3.63) is 28.2 Å². The number of anilines is 1. The van der Waals surface area contributed by atoms with Crippen LogP contribution in [0.4, 0.5) is 5.69 Å². The maximum Gasteiger partial charge on any atom is 0.234 e. The Balaban J connectivity index is 2.50. The SMILES string of the molecule is Cc1ccc(NC(=O)CSC(C)CO)c(Br)c1. The fourth-order valence-electron chi connectivity index (χ4n) is 1.18. The van der Waals surface area contributed by atoms with Gasteiger partial charge in [0.05, 0.1) is 18.0 Å². The third kappa shape index (κ3) is 5.10. The average Bonchev–Trinajstić information content (AvgIpc) is 2.29. The lowest BCUT2D eigenvalue weighted by atomic mass is 10.2. The number of aliphatic hydroxyl groups is 1. The molecule has 94 valence electrons. The first-order valence-corrected chi connectivity index (χ1v) is 7.15. The molecule has 0 radical (unpaired) electrons. The topological polar surface area (TPSA) is 49.3 Å². The second kappa shape index (κ2) is 7.03. The van der Waals surface area contributed by atoms with Crippen LogP contribution in [0.25, 0.3) is 0 Å². The number of carbonyl (C=O) groups is 1. The van der Waals surface area contributed by atoms with Gasteiger partial charge in [-0.05, 0) is 40.5 Å². The summed E-state index contributed by atoms with van der Waals surface area (Å²) in [7, 11) is 0. The van der Waals surface area contributed by atoms with Crippen molar-refractivity contribution in [2.24, 2.45) is 0 Å². The summed E-state index contributed by atoms with van der Waals surface area (Å²) in [5.74, 6) is 0.294. The van der Waals surface area contributed by atoms with Crippen LogP contribution < -0.4 is 5.32 Å². The molecule has 1 unspecified atom stereocenters. The second-order valence-corrected chi connectivity index (χ2v) is 6.12. The summed E-state index contributed by atoms with van der Waals surface area (Å²) in [6, 6.07) is 5.78. The minimum atomic E-state index is -0.0557. The Labute approximate surface area is 114 Å². The van der Waals surface area contributed by atoms with Crippen LogP contribution in [0.5, 0.6) is 0 Å². The first kappa shape index (κ1) is 14.5. The van der Waals surface area contributed by atoms with Gasteiger partial charge in [0.2, 0.25) is 5.91 Å². The molecule has 0 bridgehead atoms. The summed E-state index contributed by atoms with van der Waals surface area (Å²) in [5.41, 5.74) is 1.91. The molecule has 1 amide bonds. The van der Waals surface area contributed by atoms with Crippen LogP contribution in [0.3, 0.4) is 0 Å². The number of rotatable bonds is 5. The van der Waals surface area contributed by atoms with Crippen molar-refractivity contribution in [2.75, 3.05) is 17.7 Å². The fraction of sp³-hybridized carbons (Fsp3) is 0.417. The van der Waals surface area contributed by atoms with Crippen LogP contribution in [0.15, 0.2) is 22.7 Å². The summed E-state index contributed by atoms with van der Waals surface area (Å²) in [6.07, 6.45) is 0. The molecule has 0 aliphatic heterocycles. The van der Waals surface area contributed by atoms with E-state index in [1.165, 1.54) is 11.8 Å². The normalized spacial score (nSPS) is 12.2. The molecule has 0 spiro atoms. The zero-order valence-electron chi connectivity index (χ0n) is 9.87. The van der Waals surface area contributed by atoms with E-state index in [4.69, 9.17) is 5.11 Å². The molecule has 0 heterocycles. The Morgan fingerprint density at radius 1 is 1.59 bits per heavy atom. The zero-order valence-corrected chi connectivity index (χ0v) is 12.3. The lowest BCUT2D eigenvalue weighted by Crippen LogP contribution is -2.17. The molecule has 0 aromatic heterocycles. The number of nitrogens with one attached hydrogen (secondary N) is 1. The van der Waals surface area contributed by atoms with Crippen LogP contribution in [0.2, 0.25) is 0 Å². The van der Waals surface area contributed by atoms with Crippen molar-refractivity contribution in [3.8, 4) is 0 Å².